The van der Waals surface area contributed by atoms with E-state index in [0.717, 1.165) is 28.5 Å². The molecule has 3 nitrogen and oxygen atoms in total. The van der Waals surface area contributed by atoms with Gasteiger partial charge in [-0.05, 0) is 79.7 Å². The topological polar surface area (TPSA) is 31.2 Å². The summed E-state index contributed by atoms with van der Waals surface area (Å²) in [6.45, 7) is 10.9. The summed E-state index contributed by atoms with van der Waals surface area (Å²) in [5.41, 5.74) is 8.24. The highest BCUT2D eigenvalue weighted by atomic mass is 127. The Morgan fingerprint density at radius 2 is 1.70 bits per heavy atom. The molecule has 0 spiro atoms. The van der Waals surface area contributed by atoms with Crippen molar-refractivity contribution < 1.29 is 9.53 Å². The molecule has 0 fully saturated rings. The highest BCUT2D eigenvalue weighted by molar-refractivity contribution is 14.1. The summed E-state index contributed by atoms with van der Waals surface area (Å²) >= 11 is 2.39. The highest BCUT2D eigenvalue weighted by Gasteiger charge is 2.25. The first-order valence-electron chi connectivity index (χ1n) is 8.17. The molecule has 0 aliphatic rings. The standard InChI is InChI=1S/C19H26INO2/c1-7-23-19(22)18-15(9-8-10-20)16-13(4)11(2)12(3)14(5)17(16)21(18)6/h7-10H2,1-6H3. The van der Waals surface area contributed by atoms with Crippen molar-refractivity contribution in [1.29, 1.82) is 0 Å². The molecule has 0 amide bonds. The molecule has 2 rings (SSSR count). The fraction of sp³-hybridized carbons (Fsp3) is 0.526. The Bertz CT molecular complexity index is 759. The second-order valence-corrected chi connectivity index (χ2v) is 7.20. The number of carbonyl (C=O) groups excluding carboxylic acids is 1. The average Bonchev–Trinajstić information content (AvgIpc) is 2.81. The van der Waals surface area contributed by atoms with Gasteiger partial charge in [0.1, 0.15) is 5.69 Å². The van der Waals surface area contributed by atoms with E-state index in [1.807, 2.05) is 18.5 Å². The molecule has 0 radical (unpaired) electrons. The van der Waals surface area contributed by atoms with Crippen molar-refractivity contribution >= 4 is 39.5 Å². The number of esters is 1. The molecule has 0 aliphatic carbocycles. The maximum atomic E-state index is 12.6. The van der Waals surface area contributed by atoms with Gasteiger partial charge in [-0.3, -0.25) is 0 Å². The summed E-state index contributed by atoms with van der Waals surface area (Å²) in [6.07, 6.45) is 1.98. The minimum absolute atomic E-state index is 0.205. The van der Waals surface area contributed by atoms with Crippen molar-refractivity contribution in [3.63, 3.8) is 0 Å². The van der Waals surface area contributed by atoms with E-state index in [1.165, 1.54) is 33.2 Å². The van der Waals surface area contributed by atoms with E-state index < -0.39 is 0 Å². The van der Waals surface area contributed by atoms with Crippen molar-refractivity contribution in [2.75, 3.05) is 11.0 Å². The van der Waals surface area contributed by atoms with Crippen LogP contribution in [0.4, 0.5) is 0 Å². The summed E-state index contributed by atoms with van der Waals surface area (Å²) < 4.78 is 8.47. The van der Waals surface area contributed by atoms with Crippen LogP contribution in [0.3, 0.4) is 0 Å². The lowest BCUT2D eigenvalue weighted by Crippen LogP contribution is -2.12. The van der Waals surface area contributed by atoms with Crippen LogP contribution in [0.2, 0.25) is 0 Å². The maximum Gasteiger partial charge on any atom is 0.355 e. The van der Waals surface area contributed by atoms with Gasteiger partial charge in [-0.2, -0.15) is 0 Å². The van der Waals surface area contributed by atoms with Crippen LogP contribution in [-0.4, -0.2) is 21.6 Å². The summed E-state index contributed by atoms with van der Waals surface area (Å²) in [6, 6.07) is 0. The molecule has 0 atom stereocenters. The van der Waals surface area contributed by atoms with E-state index in [2.05, 4.69) is 50.3 Å². The lowest BCUT2D eigenvalue weighted by Gasteiger charge is -2.13. The Morgan fingerprint density at radius 3 is 2.26 bits per heavy atom. The van der Waals surface area contributed by atoms with Gasteiger partial charge < -0.3 is 9.30 Å². The third kappa shape index (κ3) is 3.02. The number of fused-ring (bicyclic) bond motifs is 1. The van der Waals surface area contributed by atoms with Crippen LogP contribution >= 0.6 is 22.6 Å². The maximum absolute atomic E-state index is 12.6. The van der Waals surface area contributed by atoms with E-state index in [4.69, 9.17) is 4.74 Å². The first kappa shape index (κ1) is 18.3. The van der Waals surface area contributed by atoms with Gasteiger partial charge >= 0.3 is 5.97 Å². The number of ether oxygens (including phenoxy) is 1. The molecule has 4 heteroatoms. The third-order valence-electron chi connectivity index (χ3n) is 4.94. The predicted octanol–water partition coefficient (Wildman–Crippen LogP) is 4.96. The SMILES string of the molecule is CCOC(=O)c1c(CCCI)c2c(C)c(C)c(C)c(C)c2n1C. The van der Waals surface area contributed by atoms with E-state index in [9.17, 15) is 4.79 Å². The lowest BCUT2D eigenvalue weighted by molar-refractivity contribution is 0.0514. The molecule has 1 aromatic heterocycles. The minimum atomic E-state index is -0.205. The van der Waals surface area contributed by atoms with Crippen LogP contribution in [0.1, 0.15) is 51.7 Å². The molecule has 0 N–H and O–H groups in total. The van der Waals surface area contributed by atoms with Gasteiger partial charge in [0, 0.05) is 12.4 Å². The normalized spacial score (nSPS) is 11.3. The minimum Gasteiger partial charge on any atom is -0.461 e. The van der Waals surface area contributed by atoms with E-state index in [-0.39, 0.29) is 5.97 Å². The van der Waals surface area contributed by atoms with E-state index in [0.29, 0.717) is 6.61 Å². The molecular weight excluding hydrogens is 401 g/mol. The molecule has 2 aromatic rings. The molecule has 0 bridgehead atoms. The second kappa shape index (κ2) is 7.24. The molecule has 1 aromatic carbocycles. The summed E-state index contributed by atoms with van der Waals surface area (Å²) in [5.74, 6) is -0.205. The van der Waals surface area contributed by atoms with Crippen LogP contribution in [0.15, 0.2) is 0 Å². The zero-order chi connectivity index (χ0) is 17.3. The molecule has 0 aliphatic heterocycles. The summed E-state index contributed by atoms with van der Waals surface area (Å²) in [7, 11) is 1.99. The van der Waals surface area contributed by atoms with Crippen molar-refractivity contribution in [3.05, 3.63) is 33.5 Å². The molecule has 0 saturated heterocycles. The Kier molecular flexibility index (Phi) is 5.76. The van der Waals surface area contributed by atoms with Crippen LogP contribution in [0, 0.1) is 27.7 Å². The lowest BCUT2D eigenvalue weighted by atomic mass is 9.92. The van der Waals surface area contributed by atoms with Crippen molar-refractivity contribution in [1.82, 2.24) is 4.57 Å². The van der Waals surface area contributed by atoms with Gasteiger partial charge in [0.25, 0.3) is 0 Å². The van der Waals surface area contributed by atoms with Gasteiger partial charge in [0.05, 0.1) is 12.1 Å². The van der Waals surface area contributed by atoms with Gasteiger partial charge in [-0.25, -0.2) is 4.79 Å². The average molecular weight is 427 g/mol. The Morgan fingerprint density at radius 1 is 1.09 bits per heavy atom. The Balaban J connectivity index is 2.89. The largest absolute Gasteiger partial charge is 0.461 e. The molecule has 1 heterocycles. The zero-order valence-corrected chi connectivity index (χ0v) is 17.1. The smallest absolute Gasteiger partial charge is 0.355 e. The highest BCUT2D eigenvalue weighted by Crippen LogP contribution is 2.36. The molecule has 0 unspecified atom stereocenters. The summed E-state index contributed by atoms with van der Waals surface area (Å²) in [4.78, 5) is 12.6. The zero-order valence-electron chi connectivity index (χ0n) is 15.0. The number of carbonyl (C=O) groups is 1. The fourth-order valence-corrected chi connectivity index (χ4v) is 3.84. The van der Waals surface area contributed by atoms with Gasteiger partial charge in [0.2, 0.25) is 0 Å². The van der Waals surface area contributed by atoms with E-state index in [1.54, 1.807) is 0 Å². The van der Waals surface area contributed by atoms with Crippen LogP contribution < -0.4 is 0 Å². The fourth-order valence-electron chi connectivity index (χ4n) is 3.46. The van der Waals surface area contributed by atoms with Gasteiger partial charge in [-0.15, -0.1) is 0 Å². The van der Waals surface area contributed by atoms with Crippen LogP contribution in [0.5, 0.6) is 0 Å². The number of hydrogen-bond donors (Lipinski definition) is 0. The number of halogens is 1. The molecule has 23 heavy (non-hydrogen) atoms. The molecular formula is C19H26INO2. The molecule has 0 saturated carbocycles. The van der Waals surface area contributed by atoms with E-state index >= 15 is 0 Å². The Hall–Kier alpha value is -1.04. The summed E-state index contributed by atoms with van der Waals surface area (Å²) in [5, 5.41) is 1.25. The number of alkyl halides is 1. The van der Waals surface area contributed by atoms with Crippen LogP contribution in [-0.2, 0) is 18.2 Å². The number of rotatable bonds is 5. The van der Waals surface area contributed by atoms with Crippen molar-refractivity contribution in [2.45, 2.75) is 47.5 Å². The van der Waals surface area contributed by atoms with Crippen molar-refractivity contribution in [3.8, 4) is 0 Å². The number of aromatic nitrogens is 1. The second-order valence-electron chi connectivity index (χ2n) is 6.12. The Labute approximate surface area is 152 Å². The number of nitrogens with zero attached hydrogens (tertiary/aromatic N) is 1. The number of benzene rings is 1. The number of aryl methyl sites for hydroxylation is 4. The predicted molar refractivity (Wildman–Crippen MR) is 105 cm³/mol. The first-order valence-corrected chi connectivity index (χ1v) is 9.69. The monoisotopic (exact) mass is 427 g/mol. The van der Waals surface area contributed by atoms with Crippen molar-refractivity contribution in [2.24, 2.45) is 7.05 Å². The van der Waals surface area contributed by atoms with Crippen LogP contribution in [0.25, 0.3) is 10.9 Å². The molecule has 126 valence electrons. The van der Waals surface area contributed by atoms with Gasteiger partial charge in [-0.1, -0.05) is 22.6 Å². The first-order chi connectivity index (χ1) is 10.9. The quantitative estimate of drug-likeness (QED) is 0.384. The van der Waals surface area contributed by atoms with Gasteiger partial charge in [0.15, 0.2) is 0 Å². The number of hydrogen-bond acceptors (Lipinski definition) is 2. The third-order valence-corrected chi connectivity index (χ3v) is 5.70.